The van der Waals surface area contributed by atoms with Crippen molar-refractivity contribution in [3.05, 3.63) is 59.4 Å². The second-order valence-electron chi connectivity index (χ2n) is 3.65. The second-order valence-corrected chi connectivity index (χ2v) is 3.65. The van der Waals surface area contributed by atoms with Gasteiger partial charge in [-0.15, -0.1) is 0 Å². The molecule has 0 aliphatic heterocycles. The summed E-state index contributed by atoms with van der Waals surface area (Å²) in [7, 11) is 0. The molecule has 4 heteroatoms. The number of aromatic hydroxyl groups is 1. The van der Waals surface area contributed by atoms with Crippen molar-refractivity contribution in [2.75, 3.05) is 0 Å². The standard InChI is InChI=1S/C14H10FNO2/c15-14-10(8-16)4-3-5-11(14)9-18-13-7-2-1-6-12(13)17/h1-7,17H,9H2. The van der Waals surface area contributed by atoms with Crippen LogP contribution in [0.4, 0.5) is 4.39 Å². The normalized spacial score (nSPS) is 9.78. The average Bonchev–Trinajstić information content (AvgIpc) is 2.39. The molecule has 0 unspecified atom stereocenters. The van der Waals surface area contributed by atoms with Crippen LogP contribution in [0.2, 0.25) is 0 Å². The molecule has 1 N–H and O–H groups in total. The number of benzene rings is 2. The SMILES string of the molecule is N#Cc1cccc(COc2ccccc2O)c1F. The van der Waals surface area contributed by atoms with Crippen LogP contribution in [-0.4, -0.2) is 5.11 Å². The predicted molar refractivity (Wildman–Crippen MR) is 63.6 cm³/mol. The first-order valence-electron chi connectivity index (χ1n) is 5.30. The van der Waals surface area contributed by atoms with E-state index in [1.165, 1.54) is 18.2 Å². The maximum absolute atomic E-state index is 13.7. The topological polar surface area (TPSA) is 53.2 Å². The zero-order valence-electron chi connectivity index (χ0n) is 9.43. The minimum absolute atomic E-state index is 0.00524. The lowest BCUT2D eigenvalue weighted by Gasteiger charge is -2.08. The molecule has 0 fully saturated rings. The Balaban J connectivity index is 2.17. The number of phenolic OH excluding ortho intramolecular Hbond substituents is 1. The highest BCUT2D eigenvalue weighted by molar-refractivity contribution is 5.39. The van der Waals surface area contributed by atoms with Crippen molar-refractivity contribution < 1.29 is 14.2 Å². The zero-order valence-corrected chi connectivity index (χ0v) is 9.43. The highest BCUT2D eigenvalue weighted by Crippen LogP contribution is 2.25. The summed E-state index contributed by atoms with van der Waals surface area (Å²) in [4.78, 5) is 0. The second kappa shape index (κ2) is 5.19. The Bertz CT molecular complexity index is 605. The van der Waals surface area contributed by atoms with E-state index in [0.717, 1.165) is 0 Å². The largest absolute Gasteiger partial charge is 0.504 e. The molecule has 0 aliphatic rings. The van der Waals surface area contributed by atoms with E-state index in [2.05, 4.69) is 0 Å². The summed E-state index contributed by atoms with van der Waals surface area (Å²) in [6, 6.07) is 12.7. The summed E-state index contributed by atoms with van der Waals surface area (Å²) < 4.78 is 19.0. The van der Waals surface area contributed by atoms with E-state index in [1.807, 2.05) is 0 Å². The lowest BCUT2D eigenvalue weighted by molar-refractivity contribution is 0.283. The van der Waals surface area contributed by atoms with Crippen molar-refractivity contribution in [2.24, 2.45) is 0 Å². The Morgan fingerprint density at radius 2 is 1.94 bits per heavy atom. The Kier molecular flexibility index (Phi) is 3.44. The molecule has 18 heavy (non-hydrogen) atoms. The van der Waals surface area contributed by atoms with Crippen molar-refractivity contribution in [2.45, 2.75) is 6.61 Å². The van der Waals surface area contributed by atoms with Gasteiger partial charge in [0.15, 0.2) is 11.5 Å². The lowest BCUT2D eigenvalue weighted by Crippen LogP contribution is -2.00. The summed E-state index contributed by atoms with van der Waals surface area (Å²) in [5.41, 5.74) is 0.255. The van der Waals surface area contributed by atoms with Crippen LogP contribution in [0.5, 0.6) is 11.5 Å². The Morgan fingerprint density at radius 1 is 1.17 bits per heavy atom. The average molecular weight is 243 g/mol. The molecule has 2 rings (SSSR count). The molecule has 0 saturated heterocycles. The number of hydrogen-bond donors (Lipinski definition) is 1. The fourth-order valence-electron chi connectivity index (χ4n) is 1.51. The molecular weight excluding hydrogens is 233 g/mol. The van der Waals surface area contributed by atoms with E-state index in [4.69, 9.17) is 10.00 Å². The number of para-hydroxylation sites is 2. The van der Waals surface area contributed by atoms with Gasteiger partial charge in [0.25, 0.3) is 0 Å². The van der Waals surface area contributed by atoms with Crippen LogP contribution in [0.25, 0.3) is 0 Å². The van der Waals surface area contributed by atoms with Crippen LogP contribution in [-0.2, 0) is 6.61 Å². The van der Waals surface area contributed by atoms with Crippen LogP contribution >= 0.6 is 0 Å². The molecule has 2 aromatic rings. The molecule has 0 spiro atoms. The number of hydrogen-bond acceptors (Lipinski definition) is 3. The molecule has 0 aliphatic carbocycles. The summed E-state index contributed by atoms with van der Waals surface area (Å²) in [6.07, 6.45) is 0. The highest BCUT2D eigenvalue weighted by Gasteiger charge is 2.09. The smallest absolute Gasteiger partial charge is 0.161 e. The Labute approximate surface area is 104 Å². The van der Waals surface area contributed by atoms with Crippen LogP contribution in [0.15, 0.2) is 42.5 Å². The minimum Gasteiger partial charge on any atom is -0.504 e. The number of phenols is 1. The fourth-order valence-corrected chi connectivity index (χ4v) is 1.51. The third-order valence-corrected chi connectivity index (χ3v) is 2.45. The van der Waals surface area contributed by atoms with Gasteiger partial charge in [0.1, 0.15) is 18.5 Å². The molecule has 0 atom stereocenters. The van der Waals surface area contributed by atoms with Gasteiger partial charge in [-0.2, -0.15) is 5.26 Å². The minimum atomic E-state index is -0.588. The molecule has 0 bridgehead atoms. The van der Waals surface area contributed by atoms with Gasteiger partial charge in [0.05, 0.1) is 5.56 Å². The van der Waals surface area contributed by atoms with E-state index in [0.29, 0.717) is 0 Å². The third-order valence-electron chi connectivity index (χ3n) is 2.45. The maximum Gasteiger partial charge on any atom is 0.161 e. The van der Waals surface area contributed by atoms with Gasteiger partial charge in [0.2, 0.25) is 0 Å². The van der Waals surface area contributed by atoms with Crippen LogP contribution in [0, 0.1) is 17.1 Å². The van der Waals surface area contributed by atoms with Gasteiger partial charge >= 0.3 is 0 Å². The number of nitrogens with zero attached hydrogens (tertiary/aromatic N) is 1. The van der Waals surface area contributed by atoms with Crippen LogP contribution < -0.4 is 4.74 Å². The summed E-state index contributed by atoms with van der Waals surface area (Å²) >= 11 is 0. The highest BCUT2D eigenvalue weighted by atomic mass is 19.1. The first kappa shape index (κ1) is 11.9. The van der Waals surface area contributed by atoms with E-state index in [1.54, 1.807) is 30.3 Å². The van der Waals surface area contributed by atoms with Crippen molar-refractivity contribution in [3.8, 4) is 17.6 Å². The van der Waals surface area contributed by atoms with E-state index < -0.39 is 5.82 Å². The zero-order chi connectivity index (χ0) is 13.0. The van der Waals surface area contributed by atoms with Crippen molar-refractivity contribution in [3.63, 3.8) is 0 Å². The number of nitriles is 1. The van der Waals surface area contributed by atoms with E-state index in [9.17, 15) is 9.50 Å². The first-order valence-corrected chi connectivity index (χ1v) is 5.30. The molecule has 90 valence electrons. The Hall–Kier alpha value is -2.54. The molecular formula is C14H10FNO2. The monoisotopic (exact) mass is 243 g/mol. The van der Waals surface area contributed by atoms with Gasteiger partial charge in [-0.1, -0.05) is 24.3 Å². The summed E-state index contributed by atoms with van der Waals surface area (Å²) in [5.74, 6) is -0.316. The molecule has 0 heterocycles. The third kappa shape index (κ3) is 2.41. The van der Waals surface area contributed by atoms with Gasteiger partial charge in [-0.25, -0.2) is 4.39 Å². The predicted octanol–water partition coefficient (Wildman–Crippen LogP) is 2.98. The van der Waals surface area contributed by atoms with Gasteiger partial charge in [-0.3, -0.25) is 0 Å². The molecule has 0 amide bonds. The molecule has 0 aromatic heterocycles. The maximum atomic E-state index is 13.7. The van der Waals surface area contributed by atoms with E-state index in [-0.39, 0.29) is 29.2 Å². The molecule has 0 radical (unpaired) electrons. The molecule has 2 aromatic carbocycles. The number of halogens is 1. The quantitative estimate of drug-likeness (QED) is 0.901. The van der Waals surface area contributed by atoms with Crippen molar-refractivity contribution in [1.82, 2.24) is 0 Å². The summed E-state index contributed by atoms with van der Waals surface area (Å²) in [6.45, 7) is -0.0427. The number of rotatable bonds is 3. The number of ether oxygens (including phenoxy) is 1. The van der Waals surface area contributed by atoms with Crippen molar-refractivity contribution in [1.29, 1.82) is 5.26 Å². The fraction of sp³-hybridized carbons (Fsp3) is 0.0714. The summed E-state index contributed by atoms with van der Waals surface area (Å²) in [5, 5.41) is 18.2. The van der Waals surface area contributed by atoms with Gasteiger partial charge < -0.3 is 9.84 Å². The van der Waals surface area contributed by atoms with Gasteiger partial charge in [-0.05, 0) is 18.2 Å². The molecule has 0 saturated carbocycles. The lowest BCUT2D eigenvalue weighted by atomic mass is 10.1. The van der Waals surface area contributed by atoms with Gasteiger partial charge in [0, 0.05) is 5.56 Å². The van der Waals surface area contributed by atoms with Crippen LogP contribution in [0.3, 0.4) is 0 Å². The first-order chi connectivity index (χ1) is 8.72. The molecule has 3 nitrogen and oxygen atoms in total. The van der Waals surface area contributed by atoms with E-state index >= 15 is 0 Å². The van der Waals surface area contributed by atoms with Crippen LogP contribution in [0.1, 0.15) is 11.1 Å². The van der Waals surface area contributed by atoms with Crippen molar-refractivity contribution >= 4 is 0 Å². The Morgan fingerprint density at radius 3 is 2.67 bits per heavy atom.